The molecule has 1 N–H and O–H groups in total. The normalized spacial score (nSPS) is 15.2. The van der Waals surface area contributed by atoms with Gasteiger partial charge in [0.2, 0.25) is 5.89 Å². The van der Waals surface area contributed by atoms with Crippen LogP contribution in [0.2, 0.25) is 0 Å². The van der Waals surface area contributed by atoms with Crippen LogP contribution in [0.25, 0.3) is 0 Å². The van der Waals surface area contributed by atoms with E-state index >= 15 is 0 Å². The average molecular weight is 476 g/mol. The van der Waals surface area contributed by atoms with Crippen molar-refractivity contribution >= 4 is 46.3 Å². The van der Waals surface area contributed by atoms with Gasteiger partial charge in [0.25, 0.3) is 0 Å². The number of nitrogens with zero attached hydrogens (tertiary/aromatic N) is 5. The first kappa shape index (κ1) is 20.0. The van der Waals surface area contributed by atoms with E-state index in [1.54, 1.807) is 11.3 Å². The van der Waals surface area contributed by atoms with E-state index in [2.05, 4.69) is 47.8 Å². The molecule has 2 aromatic rings. The number of thiophene rings is 1. The van der Waals surface area contributed by atoms with Crippen LogP contribution in [0.15, 0.2) is 27.0 Å². The number of aryl methyl sites for hydroxylation is 2. The molecule has 0 bridgehead atoms. The van der Waals surface area contributed by atoms with Gasteiger partial charge < -0.3 is 19.6 Å². The largest absolute Gasteiger partial charge is 0.360 e. The molecule has 0 aliphatic carbocycles. The molecule has 0 amide bonds. The predicted octanol–water partition coefficient (Wildman–Crippen LogP) is 2.39. The molecular weight excluding hydrogens is 451 g/mol. The van der Waals surface area contributed by atoms with E-state index in [0.29, 0.717) is 11.7 Å². The molecular formula is C16H25IN6OS. The van der Waals surface area contributed by atoms with Gasteiger partial charge in [-0.25, -0.2) is 0 Å². The van der Waals surface area contributed by atoms with Crippen LogP contribution in [-0.2, 0) is 6.42 Å². The molecule has 0 spiro atoms. The average Bonchev–Trinajstić information content (AvgIpc) is 3.27. The summed E-state index contributed by atoms with van der Waals surface area (Å²) in [5, 5.41) is 10.7. The minimum atomic E-state index is 0. The quantitative estimate of drug-likeness (QED) is 0.310. The molecule has 0 unspecified atom stereocenters. The van der Waals surface area contributed by atoms with Gasteiger partial charge >= 0.3 is 0 Å². The van der Waals surface area contributed by atoms with Crippen molar-refractivity contribution in [3.05, 3.63) is 29.2 Å². The maximum absolute atomic E-state index is 5.13. The Kier molecular flexibility index (Phi) is 7.94. The summed E-state index contributed by atoms with van der Waals surface area (Å²) in [6, 6.07) is 4.30. The van der Waals surface area contributed by atoms with Gasteiger partial charge in [-0.2, -0.15) is 4.98 Å². The lowest BCUT2D eigenvalue weighted by atomic mass is 10.3. The van der Waals surface area contributed by atoms with Crippen molar-refractivity contribution in [1.29, 1.82) is 0 Å². The second-order valence-electron chi connectivity index (χ2n) is 5.74. The van der Waals surface area contributed by atoms with Gasteiger partial charge in [0.15, 0.2) is 11.8 Å². The third-order valence-electron chi connectivity index (χ3n) is 4.03. The van der Waals surface area contributed by atoms with Crippen molar-refractivity contribution < 1.29 is 4.52 Å². The molecule has 0 atom stereocenters. The van der Waals surface area contributed by atoms with E-state index in [-0.39, 0.29) is 24.0 Å². The molecule has 0 saturated carbocycles. The Morgan fingerprint density at radius 2 is 2.16 bits per heavy atom. The first-order valence-electron chi connectivity index (χ1n) is 8.29. The SMILES string of the molecule is CN=C(NCCCc1nc(C)no1)N1CCN(c2cccs2)CC1.I. The molecule has 0 radical (unpaired) electrons. The molecule has 1 saturated heterocycles. The Morgan fingerprint density at radius 1 is 1.36 bits per heavy atom. The van der Waals surface area contributed by atoms with Gasteiger partial charge in [0.1, 0.15) is 0 Å². The lowest BCUT2D eigenvalue weighted by Gasteiger charge is -2.37. The van der Waals surface area contributed by atoms with Crippen LogP contribution >= 0.6 is 35.3 Å². The first-order chi connectivity index (χ1) is 11.8. The number of guanidine groups is 1. The summed E-state index contributed by atoms with van der Waals surface area (Å²) in [4.78, 5) is 13.4. The van der Waals surface area contributed by atoms with Crippen LogP contribution in [0.3, 0.4) is 0 Å². The van der Waals surface area contributed by atoms with E-state index in [1.165, 1.54) is 5.00 Å². The number of hydrogen-bond donors (Lipinski definition) is 1. The third-order valence-corrected chi connectivity index (χ3v) is 4.96. The Hall–Kier alpha value is -1.36. The van der Waals surface area contributed by atoms with Gasteiger partial charge in [0.05, 0.1) is 5.00 Å². The summed E-state index contributed by atoms with van der Waals surface area (Å²) in [6.07, 6.45) is 1.73. The van der Waals surface area contributed by atoms with Crippen LogP contribution in [0.1, 0.15) is 18.1 Å². The third kappa shape index (κ3) is 5.56. The number of hydrogen-bond acceptors (Lipinski definition) is 6. The monoisotopic (exact) mass is 476 g/mol. The Bertz CT molecular complexity index is 651. The highest BCUT2D eigenvalue weighted by Gasteiger charge is 2.20. The Morgan fingerprint density at radius 3 is 2.76 bits per heavy atom. The smallest absolute Gasteiger partial charge is 0.226 e. The summed E-state index contributed by atoms with van der Waals surface area (Å²) in [5.74, 6) is 2.37. The first-order valence-corrected chi connectivity index (χ1v) is 9.17. The number of aliphatic imine (C=N–C) groups is 1. The molecule has 1 aliphatic heterocycles. The van der Waals surface area contributed by atoms with Crippen LogP contribution in [0.5, 0.6) is 0 Å². The number of rotatable bonds is 5. The van der Waals surface area contributed by atoms with E-state index < -0.39 is 0 Å². The van der Waals surface area contributed by atoms with Crippen molar-refractivity contribution in [2.24, 2.45) is 4.99 Å². The highest BCUT2D eigenvalue weighted by molar-refractivity contribution is 14.0. The molecule has 1 aliphatic rings. The molecule has 3 heterocycles. The van der Waals surface area contributed by atoms with Crippen molar-refractivity contribution in [3.63, 3.8) is 0 Å². The summed E-state index contributed by atoms with van der Waals surface area (Å²) in [5.41, 5.74) is 0. The zero-order chi connectivity index (χ0) is 16.8. The molecule has 25 heavy (non-hydrogen) atoms. The number of aromatic nitrogens is 2. The van der Waals surface area contributed by atoms with Gasteiger partial charge in [-0.1, -0.05) is 5.16 Å². The highest BCUT2D eigenvalue weighted by Crippen LogP contribution is 2.22. The zero-order valence-corrected chi connectivity index (χ0v) is 17.8. The molecule has 1 fully saturated rings. The molecule has 9 heteroatoms. The zero-order valence-electron chi connectivity index (χ0n) is 14.6. The molecule has 0 aromatic carbocycles. The lowest BCUT2D eigenvalue weighted by molar-refractivity contribution is 0.365. The van der Waals surface area contributed by atoms with E-state index in [9.17, 15) is 0 Å². The summed E-state index contributed by atoms with van der Waals surface area (Å²) >= 11 is 1.80. The summed E-state index contributed by atoms with van der Waals surface area (Å²) in [6.45, 7) is 6.72. The second kappa shape index (κ2) is 9.95. The minimum absolute atomic E-state index is 0. The molecule has 2 aromatic heterocycles. The fraction of sp³-hybridized carbons (Fsp3) is 0.562. The van der Waals surface area contributed by atoms with Gasteiger partial charge in [-0.15, -0.1) is 35.3 Å². The summed E-state index contributed by atoms with van der Waals surface area (Å²) < 4.78 is 5.13. The number of piperazine rings is 1. The van der Waals surface area contributed by atoms with Gasteiger partial charge in [-0.05, 0) is 30.9 Å². The second-order valence-corrected chi connectivity index (χ2v) is 6.66. The standard InChI is InChI=1S/C16H24N6OS.HI/c1-13-19-14(23-20-13)5-3-7-18-16(17-2)22-10-8-21(9-11-22)15-6-4-12-24-15;/h4,6,12H,3,5,7-11H2,1-2H3,(H,17,18);1H. The van der Waals surface area contributed by atoms with Crippen LogP contribution < -0.4 is 10.2 Å². The molecule has 7 nitrogen and oxygen atoms in total. The van der Waals surface area contributed by atoms with Gasteiger partial charge in [-0.3, -0.25) is 4.99 Å². The van der Waals surface area contributed by atoms with Crippen molar-refractivity contribution in [2.75, 3.05) is 44.7 Å². The lowest BCUT2D eigenvalue weighted by Crippen LogP contribution is -2.52. The van der Waals surface area contributed by atoms with Crippen molar-refractivity contribution in [1.82, 2.24) is 20.4 Å². The van der Waals surface area contributed by atoms with E-state index in [4.69, 9.17) is 4.52 Å². The summed E-state index contributed by atoms with van der Waals surface area (Å²) in [7, 11) is 1.84. The number of anilines is 1. The Balaban J connectivity index is 0.00000225. The molecule has 3 rings (SSSR count). The topological polar surface area (TPSA) is 69.8 Å². The number of halogens is 1. The van der Waals surface area contributed by atoms with Crippen LogP contribution in [0, 0.1) is 6.92 Å². The minimum Gasteiger partial charge on any atom is -0.360 e. The van der Waals surface area contributed by atoms with Crippen molar-refractivity contribution in [2.45, 2.75) is 19.8 Å². The van der Waals surface area contributed by atoms with Crippen molar-refractivity contribution in [3.8, 4) is 0 Å². The van der Waals surface area contributed by atoms with E-state index in [0.717, 1.165) is 51.5 Å². The van der Waals surface area contributed by atoms with E-state index in [1.807, 2.05) is 14.0 Å². The number of nitrogens with one attached hydrogen (secondary N) is 1. The fourth-order valence-corrected chi connectivity index (χ4v) is 3.59. The fourth-order valence-electron chi connectivity index (χ4n) is 2.80. The van der Waals surface area contributed by atoms with Crippen LogP contribution in [0.4, 0.5) is 5.00 Å². The van der Waals surface area contributed by atoms with Gasteiger partial charge in [0, 0.05) is 46.2 Å². The maximum Gasteiger partial charge on any atom is 0.226 e. The molecule has 138 valence electrons. The van der Waals surface area contributed by atoms with Crippen LogP contribution in [-0.4, -0.2) is 60.8 Å². The highest BCUT2D eigenvalue weighted by atomic mass is 127. The maximum atomic E-state index is 5.13. The predicted molar refractivity (Wildman–Crippen MR) is 112 cm³/mol. The Labute approximate surface area is 169 Å².